The number of ether oxygens (including phenoxy) is 1. The summed E-state index contributed by atoms with van der Waals surface area (Å²) >= 11 is 0. The van der Waals surface area contributed by atoms with Crippen molar-refractivity contribution in [3.8, 4) is 0 Å². The zero-order valence-corrected chi connectivity index (χ0v) is 16.6. The summed E-state index contributed by atoms with van der Waals surface area (Å²) in [6.45, 7) is 6.44. The molecule has 0 radical (unpaired) electrons. The molecule has 0 aromatic heterocycles. The van der Waals surface area contributed by atoms with E-state index >= 15 is 0 Å². The molecule has 1 aliphatic rings. The standard InChI is InChI=1S/C19H30O9/c1-11-7-12(28-15(23)10-18(4,26)9-14(21)22)8-17(2,3)19(11,27)6-5-13(20)16(24)25/h5-6,11-13,20,26-27H,7-10H2,1-4H3,(H,21,22)(H,24,25)/b6-5+/t11-,12+,13-,18-,19+/m1/s1. The summed E-state index contributed by atoms with van der Waals surface area (Å²) in [5.74, 6) is -3.82. The van der Waals surface area contributed by atoms with E-state index in [0.29, 0.717) is 0 Å². The second-order valence-electron chi connectivity index (χ2n) is 8.55. The van der Waals surface area contributed by atoms with E-state index in [1.807, 2.05) is 0 Å². The van der Waals surface area contributed by atoms with Gasteiger partial charge in [0.15, 0.2) is 6.10 Å². The van der Waals surface area contributed by atoms with Gasteiger partial charge in [0.1, 0.15) is 6.10 Å². The summed E-state index contributed by atoms with van der Waals surface area (Å²) in [6, 6.07) is 0. The van der Waals surface area contributed by atoms with Crippen LogP contribution in [0.15, 0.2) is 12.2 Å². The van der Waals surface area contributed by atoms with Gasteiger partial charge in [-0.2, -0.15) is 0 Å². The van der Waals surface area contributed by atoms with E-state index in [9.17, 15) is 29.7 Å². The Kier molecular flexibility index (Phi) is 7.38. The van der Waals surface area contributed by atoms with Gasteiger partial charge in [-0.3, -0.25) is 9.59 Å². The van der Waals surface area contributed by atoms with Gasteiger partial charge in [-0.05, 0) is 31.8 Å². The second-order valence-corrected chi connectivity index (χ2v) is 8.55. The van der Waals surface area contributed by atoms with Crippen LogP contribution in [0.5, 0.6) is 0 Å². The lowest BCUT2D eigenvalue weighted by atomic mass is 9.59. The van der Waals surface area contributed by atoms with E-state index < -0.39 is 65.5 Å². The molecule has 1 rings (SSSR count). The van der Waals surface area contributed by atoms with Crippen molar-refractivity contribution in [2.24, 2.45) is 11.3 Å². The predicted octanol–water partition coefficient (Wildman–Crippen LogP) is 0.703. The lowest BCUT2D eigenvalue weighted by Crippen LogP contribution is -2.55. The average Bonchev–Trinajstić information content (AvgIpc) is 2.47. The summed E-state index contributed by atoms with van der Waals surface area (Å²) in [7, 11) is 0. The molecule has 5 atom stereocenters. The second kappa shape index (κ2) is 8.59. The number of carboxylic acids is 2. The van der Waals surface area contributed by atoms with Crippen LogP contribution >= 0.6 is 0 Å². The Morgan fingerprint density at radius 3 is 2.29 bits per heavy atom. The van der Waals surface area contributed by atoms with Crippen LogP contribution < -0.4 is 0 Å². The molecule has 0 aliphatic heterocycles. The minimum absolute atomic E-state index is 0.258. The Morgan fingerprint density at radius 2 is 1.82 bits per heavy atom. The van der Waals surface area contributed by atoms with Gasteiger partial charge in [-0.25, -0.2) is 4.79 Å². The lowest BCUT2D eigenvalue weighted by molar-refractivity contribution is -0.172. The highest BCUT2D eigenvalue weighted by atomic mass is 16.5. The van der Waals surface area contributed by atoms with Crippen LogP contribution in [-0.4, -0.2) is 66.9 Å². The Hall–Kier alpha value is -1.97. The summed E-state index contributed by atoms with van der Waals surface area (Å²) < 4.78 is 5.40. The number of aliphatic hydroxyl groups is 3. The highest BCUT2D eigenvalue weighted by Gasteiger charge is 2.52. The molecule has 0 unspecified atom stereocenters. The first-order chi connectivity index (χ1) is 12.6. The van der Waals surface area contributed by atoms with Crippen molar-refractivity contribution in [3.05, 3.63) is 12.2 Å². The normalized spacial score (nSPS) is 30.4. The van der Waals surface area contributed by atoms with Gasteiger partial charge in [0, 0.05) is 5.41 Å². The SMILES string of the molecule is C[C@@H]1C[C@H](OC(=O)C[C@](C)(O)CC(=O)O)CC(C)(C)[C@]1(O)/C=C/[C@@H](O)C(=O)O. The summed E-state index contributed by atoms with van der Waals surface area (Å²) in [5.41, 5.74) is -3.97. The number of carbonyl (C=O) groups excluding carboxylic acids is 1. The molecular weight excluding hydrogens is 372 g/mol. The maximum absolute atomic E-state index is 12.1. The summed E-state index contributed by atoms with van der Waals surface area (Å²) in [6.07, 6.45) is -0.517. The van der Waals surface area contributed by atoms with Crippen LogP contribution in [-0.2, 0) is 19.1 Å². The van der Waals surface area contributed by atoms with E-state index in [1.165, 1.54) is 13.0 Å². The molecular formula is C19H30O9. The number of hydrogen-bond donors (Lipinski definition) is 5. The van der Waals surface area contributed by atoms with Gasteiger partial charge >= 0.3 is 17.9 Å². The Bertz CT molecular complexity index is 637. The van der Waals surface area contributed by atoms with Gasteiger partial charge in [-0.1, -0.05) is 26.8 Å². The molecule has 1 saturated carbocycles. The zero-order chi connectivity index (χ0) is 21.9. The number of carboxylic acid groups (broad SMARTS) is 2. The van der Waals surface area contributed by atoms with E-state index in [2.05, 4.69) is 0 Å². The Morgan fingerprint density at radius 1 is 1.25 bits per heavy atom. The monoisotopic (exact) mass is 402 g/mol. The molecule has 28 heavy (non-hydrogen) atoms. The minimum atomic E-state index is -1.74. The lowest BCUT2D eigenvalue weighted by Gasteiger charge is -2.51. The molecule has 0 aromatic rings. The highest BCUT2D eigenvalue weighted by Crippen LogP contribution is 2.49. The first-order valence-corrected chi connectivity index (χ1v) is 9.06. The van der Waals surface area contributed by atoms with Crippen molar-refractivity contribution in [1.82, 2.24) is 0 Å². The average molecular weight is 402 g/mol. The third-order valence-electron chi connectivity index (χ3n) is 5.33. The number of aliphatic carboxylic acids is 2. The van der Waals surface area contributed by atoms with Crippen LogP contribution in [0, 0.1) is 11.3 Å². The smallest absolute Gasteiger partial charge is 0.336 e. The number of carbonyl (C=O) groups is 3. The first kappa shape index (κ1) is 24.1. The van der Waals surface area contributed by atoms with Crippen molar-refractivity contribution in [3.63, 3.8) is 0 Å². The number of esters is 1. The molecule has 0 spiro atoms. The van der Waals surface area contributed by atoms with Crippen LogP contribution in [0.2, 0.25) is 0 Å². The van der Waals surface area contributed by atoms with Crippen molar-refractivity contribution >= 4 is 17.9 Å². The first-order valence-electron chi connectivity index (χ1n) is 9.06. The molecule has 0 aromatic carbocycles. The van der Waals surface area contributed by atoms with Gasteiger partial charge in [0.2, 0.25) is 0 Å². The maximum atomic E-state index is 12.1. The van der Waals surface area contributed by atoms with Crippen LogP contribution in [0.1, 0.15) is 53.4 Å². The third-order valence-corrected chi connectivity index (χ3v) is 5.33. The molecule has 9 heteroatoms. The molecule has 160 valence electrons. The quantitative estimate of drug-likeness (QED) is 0.291. The Balaban J connectivity index is 2.84. The Labute approximate surface area is 163 Å². The van der Waals surface area contributed by atoms with E-state index in [-0.39, 0.29) is 12.8 Å². The van der Waals surface area contributed by atoms with Gasteiger partial charge in [0.25, 0.3) is 0 Å². The number of hydrogen-bond acceptors (Lipinski definition) is 7. The van der Waals surface area contributed by atoms with Crippen LogP contribution in [0.3, 0.4) is 0 Å². The highest BCUT2D eigenvalue weighted by molar-refractivity contribution is 5.74. The maximum Gasteiger partial charge on any atom is 0.336 e. The van der Waals surface area contributed by atoms with E-state index in [0.717, 1.165) is 6.08 Å². The fourth-order valence-electron chi connectivity index (χ4n) is 3.78. The van der Waals surface area contributed by atoms with Gasteiger partial charge < -0.3 is 30.3 Å². The number of rotatable bonds is 8. The number of aliphatic hydroxyl groups excluding tert-OH is 1. The topological polar surface area (TPSA) is 162 Å². The molecule has 0 amide bonds. The fraction of sp³-hybridized carbons (Fsp3) is 0.737. The fourth-order valence-corrected chi connectivity index (χ4v) is 3.78. The summed E-state index contributed by atoms with van der Waals surface area (Å²) in [4.78, 5) is 33.6. The van der Waals surface area contributed by atoms with E-state index in [1.54, 1.807) is 20.8 Å². The molecule has 1 fully saturated rings. The molecule has 0 saturated heterocycles. The van der Waals surface area contributed by atoms with Gasteiger partial charge in [-0.15, -0.1) is 0 Å². The van der Waals surface area contributed by atoms with Crippen LogP contribution in [0.4, 0.5) is 0 Å². The third kappa shape index (κ3) is 6.02. The van der Waals surface area contributed by atoms with E-state index in [4.69, 9.17) is 14.9 Å². The van der Waals surface area contributed by atoms with Gasteiger partial charge in [0.05, 0.1) is 24.0 Å². The van der Waals surface area contributed by atoms with Crippen molar-refractivity contribution < 1.29 is 44.7 Å². The molecule has 1 aliphatic carbocycles. The molecule has 5 N–H and O–H groups in total. The minimum Gasteiger partial charge on any atom is -0.481 e. The van der Waals surface area contributed by atoms with Crippen LogP contribution in [0.25, 0.3) is 0 Å². The summed E-state index contributed by atoms with van der Waals surface area (Å²) in [5, 5.41) is 48.1. The molecule has 0 bridgehead atoms. The van der Waals surface area contributed by atoms with Crippen molar-refractivity contribution in [2.45, 2.75) is 76.8 Å². The molecule has 9 nitrogen and oxygen atoms in total. The zero-order valence-electron chi connectivity index (χ0n) is 16.6. The van der Waals surface area contributed by atoms with Crippen molar-refractivity contribution in [1.29, 1.82) is 0 Å². The van der Waals surface area contributed by atoms with Crippen molar-refractivity contribution in [2.75, 3.05) is 0 Å². The largest absolute Gasteiger partial charge is 0.481 e. The molecule has 0 heterocycles. The predicted molar refractivity (Wildman–Crippen MR) is 97.3 cm³/mol.